The number of amides is 5. The summed E-state index contributed by atoms with van der Waals surface area (Å²) in [6.45, 7) is 14.8. The third-order valence-electron chi connectivity index (χ3n) is 7.32. The molecule has 51 heavy (non-hydrogen) atoms. The minimum Gasteiger partial charge on any atom is -0.444 e. The summed E-state index contributed by atoms with van der Waals surface area (Å²) >= 11 is 0. The summed E-state index contributed by atoms with van der Waals surface area (Å²) in [5.41, 5.74) is 6.45. The molecule has 0 aromatic heterocycles. The summed E-state index contributed by atoms with van der Waals surface area (Å²) in [6, 6.07) is -1.81. The number of aliphatic hydroxyl groups is 1. The van der Waals surface area contributed by atoms with Gasteiger partial charge in [-0.15, -0.1) is 0 Å². The highest BCUT2D eigenvalue weighted by molar-refractivity contribution is 5.87. The average Bonchev–Trinajstić information content (AvgIpc) is 3.87. The van der Waals surface area contributed by atoms with Gasteiger partial charge in [0.05, 0.1) is 44.6 Å². The van der Waals surface area contributed by atoms with E-state index in [9.17, 15) is 24.0 Å². The van der Waals surface area contributed by atoms with E-state index in [0.717, 1.165) is 25.9 Å². The fraction of sp³-hybridized carbons (Fsp3) is 0.839. The highest BCUT2D eigenvalue weighted by Gasteiger charge is 2.41. The predicted molar refractivity (Wildman–Crippen MR) is 174 cm³/mol. The van der Waals surface area contributed by atoms with Gasteiger partial charge in [0.25, 0.3) is 17.7 Å². The second-order valence-electron chi connectivity index (χ2n) is 14.3. The zero-order valence-corrected chi connectivity index (χ0v) is 30.2. The van der Waals surface area contributed by atoms with E-state index in [4.69, 9.17) is 44.2 Å². The van der Waals surface area contributed by atoms with Crippen molar-refractivity contribution in [3.05, 3.63) is 0 Å². The third-order valence-corrected chi connectivity index (χ3v) is 7.32. The molecule has 0 saturated carbocycles. The molecule has 6 N–H and O–H groups in total. The predicted octanol–water partition coefficient (Wildman–Crippen LogP) is -0.972. The highest BCUT2D eigenvalue weighted by atomic mass is 16.7. The molecule has 0 aliphatic carbocycles. The molecule has 6 atom stereocenters. The van der Waals surface area contributed by atoms with Crippen LogP contribution in [0.15, 0.2) is 0 Å². The normalized spacial score (nSPS) is 28.9. The SMILES string of the molecule is CC(C)(C)OC(=O)N[C@@H]1CON(C2CCOC2)C1=O.CC(C)(C)OC(=O)N[C@@H]1CONC1=O.N[C@@H]1CON(C2CCOC2)C1=O.OC1CCOC1. The molecule has 0 aromatic carbocycles. The van der Waals surface area contributed by atoms with Crippen molar-refractivity contribution in [3.8, 4) is 0 Å². The molecule has 6 rings (SSSR count). The Morgan fingerprint density at radius 2 is 1.22 bits per heavy atom. The average molecular weight is 735 g/mol. The van der Waals surface area contributed by atoms with Gasteiger partial charge in [0.2, 0.25) is 0 Å². The van der Waals surface area contributed by atoms with E-state index in [1.54, 1.807) is 41.5 Å². The summed E-state index contributed by atoms with van der Waals surface area (Å²) < 4.78 is 25.2. The zero-order chi connectivity index (χ0) is 37.8. The van der Waals surface area contributed by atoms with Crippen LogP contribution < -0.4 is 21.8 Å². The first-order valence-corrected chi connectivity index (χ1v) is 16.9. The molecule has 20 nitrogen and oxygen atoms in total. The van der Waals surface area contributed by atoms with Gasteiger partial charge < -0.3 is 45.2 Å². The van der Waals surface area contributed by atoms with Crippen molar-refractivity contribution >= 4 is 29.9 Å². The molecule has 6 heterocycles. The Kier molecular flexibility index (Phi) is 16.0. The zero-order valence-electron chi connectivity index (χ0n) is 30.2. The van der Waals surface area contributed by atoms with Crippen molar-refractivity contribution in [2.24, 2.45) is 5.73 Å². The lowest BCUT2D eigenvalue weighted by Crippen LogP contribution is -2.46. The Balaban J connectivity index is 0.000000195. The quantitative estimate of drug-likeness (QED) is 0.233. The van der Waals surface area contributed by atoms with E-state index >= 15 is 0 Å². The standard InChI is InChI=1S/C12H20N2O5.C8H14N2O4.C7H12N2O3.C4H8O2/c1-12(2,3)19-11(16)13-9-7-18-14(10(9)15)8-4-5-17-6-8;1-8(2,3)14-7(12)9-5-4-13-10-6(5)11;8-6-4-12-9(7(6)10)5-1-2-11-3-5;5-4-1-2-6-3-4/h8-9H,4-7H2,1-3H3,(H,13,16);5H,4H2,1-3H3,(H,9,12)(H,10,11);5-6H,1-4,8H2;4-5H,1-3H2/t8?,9-;5-;5?,6-;/m111./s1. The molecule has 20 heteroatoms. The fourth-order valence-electron chi connectivity index (χ4n) is 4.86. The molecule has 0 spiro atoms. The van der Waals surface area contributed by atoms with Crippen LogP contribution in [-0.4, -0.2) is 152 Å². The van der Waals surface area contributed by atoms with Gasteiger partial charge in [-0.25, -0.2) is 25.2 Å². The maximum absolute atomic E-state index is 12.1. The Morgan fingerprint density at radius 1 is 0.725 bits per heavy atom. The summed E-state index contributed by atoms with van der Waals surface area (Å²) in [7, 11) is 0. The maximum Gasteiger partial charge on any atom is 0.408 e. The number of nitrogens with zero attached hydrogens (tertiary/aromatic N) is 2. The van der Waals surface area contributed by atoms with Gasteiger partial charge in [-0.2, -0.15) is 0 Å². The fourth-order valence-corrected chi connectivity index (χ4v) is 4.86. The number of rotatable bonds is 4. The van der Waals surface area contributed by atoms with Crippen LogP contribution in [0.2, 0.25) is 0 Å². The van der Waals surface area contributed by atoms with Crippen LogP contribution in [0.4, 0.5) is 9.59 Å². The third kappa shape index (κ3) is 14.6. The second-order valence-corrected chi connectivity index (χ2v) is 14.3. The molecule has 6 aliphatic heterocycles. The van der Waals surface area contributed by atoms with Crippen LogP contribution in [-0.2, 0) is 52.6 Å². The topological polar surface area (TPSA) is 248 Å². The van der Waals surface area contributed by atoms with Gasteiger partial charge in [-0.3, -0.25) is 28.9 Å². The highest BCUT2D eigenvalue weighted by Crippen LogP contribution is 2.20. The maximum atomic E-state index is 12.1. The Hall–Kier alpha value is -3.37. The van der Waals surface area contributed by atoms with Crippen molar-refractivity contribution in [2.75, 3.05) is 59.5 Å². The molecule has 6 aliphatic rings. The number of aliphatic hydroxyl groups excluding tert-OH is 1. The minimum absolute atomic E-state index is 0.0575. The molecule has 0 radical (unpaired) electrons. The summed E-state index contributed by atoms with van der Waals surface area (Å²) in [4.78, 5) is 72.2. The van der Waals surface area contributed by atoms with Crippen LogP contribution in [0.25, 0.3) is 0 Å². The largest absolute Gasteiger partial charge is 0.444 e. The van der Waals surface area contributed by atoms with E-state index in [1.807, 2.05) is 0 Å². The van der Waals surface area contributed by atoms with E-state index in [0.29, 0.717) is 39.6 Å². The van der Waals surface area contributed by atoms with Crippen molar-refractivity contribution in [1.29, 1.82) is 0 Å². The molecule has 0 aromatic rings. The molecule has 0 bridgehead atoms. The summed E-state index contributed by atoms with van der Waals surface area (Å²) in [5, 5.41) is 16.2. The Bertz CT molecular complexity index is 1160. The van der Waals surface area contributed by atoms with Gasteiger partial charge in [0.1, 0.15) is 42.5 Å². The molecule has 6 saturated heterocycles. The molecular weight excluding hydrogens is 680 g/mol. The number of ether oxygens (including phenoxy) is 5. The smallest absolute Gasteiger partial charge is 0.408 e. The lowest BCUT2D eigenvalue weighted by molar-refractivity contribution is -0.174. The van der Waals surface area contributed by atoms with Gasteiger partial charge in [0.15, 0.2) is 0 Å². The minimum atomic E-state index is -0.685. The molecular formula is C31H54N6O14. The number of nitrogens with two attached hydrogens (primary N) is 1. The van der Waals surface area contributed by atoms with Crippen molar-refractivity contribution in [2.45, 2.75) is 108 Å². The second kappa shape index (κ2) is 19.5. The summed E-state index contributed by atoms with van der Waals surface area (Å²) in [5.74, 6) is -0.734. The number of alkyl carbamates (subject to hydrolysis) is 2. The lowest BCUT2D eigenvalue weighted by atomic mass is 10.2. The van der Waals surface area contributed by atoms with Gasteiger partial charge >= 0.3 is 12.2 Å². The van der Waals surface area contributed by atoms with E-state index in [-0.39, 0.29) is 49.1 Å². The van der Waals surface area contributed by atoms with Crippen LogP contribution in [0.5, 0.6) is 0 Å². The number of hydrogen-bond acceptors (Lipinski definition) is 15. The first-order valence-electron chi connectivity index (χ1n) is 16.9. The number of carbonyl (C=O) groups excluding carboxylic acids is 5. The van der Waals surface area contributed by atoms with Crippen LogP contribution >= 0.6 is 0 Å². The van der Waals surface area contributed by atoms with E-state index < -0.39 is 41.5 Å². The molecule has 292 valence electrons. The Labute approximate surface area is 297 Å². The molecule has 5 amide bonds. The number of hydrogen-bond donors (Lipinski definition) is 5. The molecule has 6 fully saturated rings. The van der Waals surface area contributed by atoms with Crippen LogP contribution in [0, 0.1) is 0 Å². The van der Waals surface area contributed by atoms with Crippen LogP contribution in [0.1, 0.15) is 60.8 Å². The first-order chi connectivity index (χ1) is 23.9. The van der Waals surface area contributed by atoms with Crippen LogP contribution in [0.3, 0.4) is 0 Å². The van der Waals surface area contributed by atoms with E-state index in [2.05, 4.69) is 21.0 Å². The van der Waals surface area contributed by atoms with Gasteiger partial charge in [-0.05, 0) is 60.8 Å². The monoisotopic (exact) mass is 734 g/mol. The molecule has 3 unspecified atom stereocenters. The van der Waals surface area contributed by atoms with E-state index in [1.165, 1.54) is 10.1 Å². The van der Waals surface area contributed by atoms with Crippen molar-refractivity contribution in [3.63, 3.8) is 0 Å². The number of nitrogens with one attached hydrogen (secondary N) is 3. The number of carbonyl (C=O) groups is 5. The van der Waals surface area contributed by atoms with Gasteiger partial charge in [0, 0.05) is 19.8 Å². The van der Waals surface area contributed by atoms with Gasteiger partial charge in [-0.1, -0.05) is 0 Å². The number of hydroxylamine groups is 5. The Morgan fingerprint density at radius 3 is 1.59 bits per heavy atom. The van der Waals surface area contributed by atoms with Crippen molar-refractivity contribution in [1.82, 2.24) is 26.2 Å². The lowest BCUT2D eigenvalue weighted by Gasteiger charge is -2.22. The first kappa shape index (κ1) is 42.0. The van der Waals surface area contributed by atoms with Crippen molar-refractivity contribution < 1.29 is 67.3 Å². The summed E-state index contributed by atoms with van der Waals surface area (Å²) in [6.07, 6.45) is 1.01.